The summed E-state index contributed by atoms with van der Waals surface area (Å²) in [5.41, 5.74) is 0.00329. The van der Waals surface area contributed by atoms with E-state index in [2.05, 4.69) is 24.8 Å². The zero-order valence-electron chi connectivity index (χ0n) is 11.0. The van der Waals surface area contributed by atoms with Crippen LogP contribution in [-0.2, 0) is 6.54 Å². The minimum atomic E-state index is -1.03. The summed E-state index contributed by atoms with van der Waals surface area (Å²) in [7, 11) is 0. The maximum absolute atomic E-state index is 10.7. The van der Waals surface area contributed by atoms with Gasteiger partial charge in [-0.2, -0.15) is 0 Å². The molecule has 8 heteroatoms. The van der Waals surface area contributed by atoms with Crippen molar-refractivity contribution in [3.8, 4) is 0 Å². The Bertz CT molecular complexity index is 573. The highest BCUT2D eigenvalue weighted by molar-refractivity contribution is 5.84. The molecule has 1 fully saturated rings. The van der Waals surface area contributed by atoms with E-state index in [-0.39, 0.29) is 11.7 Å². The number of aryl methyl sites for hydroxylation is 1. The highest BCUT2D eigenvalue weighted by atomic mass is 16.4. The van der Waals surface area contributed by atoms with E-state index < -0.39 is 5.97 Å². The second-order valence-electron chi connectivity index (χ2n) is 4.96. The lowest BCUT2D eigenvalue weighted by Crippen LogP contribution is -2.48. The summed E-state index contributed by atoms with van der Waals surface area (Å²) in [4.78, 5) is 17.1. The van der Waals surface area contributed by atoms with E-state index in [0.29, 0.717) is 0 Å². The van der Waals surface area contributed by atoms with Crippen molar-refractivity contribution in [1.29, 1.82) is 0 Å². The van der Waals surface area contributed by atoms with Gasteiger partial charge >= 0.3 is 5.97 Å². The lowest BCUT2D eigenvalue weighted by molar-refractivity contribution is 0.0690. The molecule has 0 radical (unpaired) electrons. The van der Waals surface area contributed by atoms with Crippen LogP contribution < -0.4 is 0 Å². The Labute approximate surface area is 115 Å². The van der Waals surface area contributed by atoms with Crippen LogP contribution in [0.4, 0.5) is 0 Å². The van der Waals surface area contributed by atoms with Crippen LogP contribution in [0.3, 0.4) is 0 Å². The molecule has 0 atom stereocenters. The number of imidazole rings is 1. The maximum Gasteiger partial charge on any atom is 0.358 e. The number of rotatable bonds is 6. The van der Waals surface area contributed by atoms with E-state index in [4.69, 9.17) is 5.11 Å². The normalized spacial score (nSPS) is 16.2. The summed E-state index contributed by atoms with van der Waals surface area (Å²) in [6.07, 6.45) is 8.13. The number of aromatic carboxylic acids is 1. The van der Waals surface area contributed by atoms with E-state index in [1.807, 2.05) is 12.5 Å². The number of carboxylic acids is 1. The number of nitrogens with zero attached hydrogens (tertiary/aromatic N) is 6. The van der Waals surface area contributed by atoms with Gasteiger partial charge in [-0.1, -0.05) is 5.21 Å². The van der Waals surface area contributed by atoms with Gasteiger partial charge in [0.25, 0.3) is 0 Å². The van der Waals surface area contributed by atoms with Gasteiger partial charge in [0.2, 0.25) is 0 Å². The second-order valence-corrected chi connectivity index (χ2v) is 4.96. The van der Waals surface area contributed by atoms with Gasteiger partial charge in [0.1, 0.15) is 0 Å². The Morgan fingerprint density at radius 1 is 1.40 bits per heavy atom. The SMILES string of the molecule is O=C(O)c1cn(C2CN(CCCn3ccnc3)C2)nn1. The van der Waals surface area contributed by atoms with Crippen LogP contribution in [0, 0.1) is 0 Å². The molecule has 1 aliphatic heterocycles. The monoisotopic (exact) mass is 276 g/mol. The summed E-state index contributed by atoms with van der Waals surface area (Å²) in [6, 6.07) is 0.240. The van der Waals surface area contributed by atoms with Gasteiger partial charge < -0.3 is 9.67 Å². The number of likely N-dealkylation sites (tertiary alicyclic amines) is 1. The Kier molecular flexibility index (Phi) is 3.46. The van der Waals surface area contributed by atoms with Crippen molar-refractivity contribution in [2.45, 2.75) is 19.0 Å². The minimum absolute atomic E-state index is 0.00329. The number of carboxylic acid groups (broad SMARTS) is 1. The van der Waals surface area contributed by atoms with Crippen LogP contribution in [-0.4, -0.2) is 60.2 Å². The Hall–Kier alpha value is -2.22. The summed E-state index contributed by atoms with van der Waals surface area (Å²) in [5, 5.41) is 16.3. The number of hydrogen-bond acceptors (Lipinski definition) is 5. The van der Waals surface area contributed by atoms with Crippen molar-refractivity contribution in [2.75, 3.05) is 19.6 Å². The first-order valence-corrected chi connectivity index (χ1v) is 6.55. The van der Waals surface area contributed by atoms with Crippen molar-refractivity contribution in [3.63, 3.8) is 0 Å². The largest absolute Gasteiger partial charge is 0.476 e. The lowest BCUT2D eigenvalue weighted by atomic mass is 10.1. The number of aromatic nitrogens is 5. The summed E-state index contributed by atoms with van der Waals surface area (Å²) in [6.45, 7) is 3.78. The molecule has 0 aromatic carbocycles. The topological polar surface area (TPSA) is 89.1 Å². The third kappa shape index (κ3) is 2.69. The molecular weight excluding hydrogens is 260 g/mol. The zero-order valence-corrected chi connectivity index (χ0v) is 11.0. The van der Waals surface area contributed by atoms with Gasteiger partial charge in [0, 0.05) is 38.6 Å². The smallest absolute Gasteiger partial charge is 0.358 e. The Morgan fingerprint density at radius 2 is 2.25 bits per heavy atom. The molecule has 3 rings (SSSR count). The van der Waals surface area contributed by atoms with Gasteiger partial charge in [-0.15, -0.1) is 5.10 Å². The van der Waals surface area contributed by atoms with Crippen molar-refractivity contribution in [3.05, 3.63) is 30.6 Å². The number of hydrogen-bond donors (Lipinski definition) is 1. The van der Waals surface area contributed by atoms with E-state index in [1.165, 1.54) is 6.20 Å². The van der Waals surface area contributed by atoms with Gasteiger partial charge in [0.15, 0.2) is 5.69 Å². The van der Waals surface area contributed by atoms with Crippen LogP contribution in [0.25, 0.3) is 0 Å². The van der Waals surface area contributed by atoms with E-state index >= 15 is 0 Å². The first-order chi connectivity index (χ1) is 9.72. The highest BCUT2D eigenvalue weighted by Crippen LogP contribution is 2.20. The molecule has 3 heterocycles. The summed E-state index contributed by atoms with van der Waals surface area (Å²) in [5.74, 6) is -1.03. The molecule has 0 unspecified atom stereocenters. The standard InChI is InChI=1S/C12H16N6O2/c19-12(20)11-8-18(15-14-11)10-6-17(7-10)4-1-3-16-5-2-13-9-16/h2,5,8-10H,1,3-4,6-7H2,(H,19,20). The van der Waals surface area contributed by atoms with Crippen LogP contribution in [0.1, 0.15) is 23.0 Å². The predicted molar refractivity (Wildman–Crippen MR) is 69.3 cm³/mol. The van der Waals surface area contributed by atoms with E-state index in [1.54, 1.807) is 10.9 Å². The molecule has 2 aromatic rings. The first kappa shape index (κ1) is 12.8. The van der Waals surface area contributed by atoms with Crippen molar-refractivity contribution < 1.29 is 9.90 Å². The molecule has 20 heavy (non-hydrogen) atoms. The van der Waals surface area contributed by atoms with Crippen LogP contribution >= 0.6 is 0 Å². The third-order valence-electron chi connectivity index (χ3n) is 3.49. The molecular formula is C12H16N6O2. The maximum atomic E-state index is 10.7. The van der Waals surface area contributed by atoms with E-state index in [9.17, 15) is 4.79 Å². The molecule has 0 bridgehead atoms. The summed E-state index contributed by atoms with van der Waals surface area (Å²) < 4.78 is 3.71. The Morgan fingerprint density at radius 3 is 2.90 bits per heavy atom. The zero-order chi connectivity index (χ0) is 13.9. The van der Waals surface area contributed by atoms with Gasteiger partial charge in [0.05, 0.1) is 18.6 Å². The van der Waals surface area contributed by atoms with Crippen molar-refractivity contribution in [1.82, 2.24) is 29.4 Å². The molecule has 0 amide bonds. The second kappa shape index (κ2) is 5.41. The number of carbonyl (C=O) groups is 1. The lowest BCUT2D eigenvalue weighted by Gasteiger charge is -2.38. The molecule has 1 N–H and O–H groups in total. The average molecular weight is 276 g/mol. The molecule has 2 aromatic heterocycles. The summed E-state index contributed by atoms with van der Waals surface area (Å²) >= 11 is 0. The first-order valence-electron chi connectivity index (χ1n) is 6.55. The molecule has 8 nitrogen and oxygen atoms in total. The van der Waals surface area contributed by atoms with Crippen molar-refractivity contribution in [2.24, 2.45) is 0 Å². The molecule has 1 aliphatic rings. The van der Waals surface area contributed by atoms with Crippen LogP contribution in [0.2, 0.25) is 0 Å². The van der Waals surface area contributed by atoms with Gasteiger partial charge in [-0.3, -0.25) is 4.90 Å². The Balaban J connectivity index is 1.40. The molecule has 0 saturated carbocycles. The minimum Gasteiger partial charge on any atom is -0.476 e. The fraction of sp³-hybridized carbons (Fsp3) is 0.500. The highest BCUT2D eigenvalue weighted by Gasteiger charge is 2.29. The van der Waals surface area contributed by atoms with Crippen LogP contribution in [0.15, 0.2) is 24.9 Å². The molecule has 1 saturated heterocycles. The third-order valence-corrected chi connectivity index (χ3v) is 3.49. The van der Waals surface area contributed by atoms with E-state index in [0.717, 1.165) is 32.6 Å². The molecule has 106 valence electrons. The molecule has 0 aliphatic carbocycles. The fourth-order valence-corrected chi connectivity index (χ4v) is 2.34. The fourth-order valence-electron chi connectivity index (χ4n) is 2.34. The quantitative estimate of drug-likeness (QED) is 0.806. The van der Waals surface area contributed by atoms with Crippen LogP contribution in [0.5, 0.6) is 0 Å². The average Bonchev–Trinajstić information content (AvgIpc) is 3.03. The van der Waals surface area contributed by atoms with Crippen molar-refractivity contribution >= 4 is 5.97 Å². The van der Waals surface area contributed by atoms with Gasteiger partial charge in [-0.05, 0) is 6.42 Å². The molecule has 0 spiro atoms. The van der Waals surface area contributed by atoms with Gasteiger partial charge in [-0.25, -0.2) is 14.5 Å². The predicted octanol–water partition coefficient (Wildman–Crippen LogP) is 0.120.